The summed E-state index contributed by atoms with van der Waals surface area (Å²) < 4.78 is 0. The summed E-state index contributed by atoms with van der Waals surface area (Å²) in [5.74, 6) is 0.337. The van der Waals surface area contributed by atoms with Crippen LogP contribution < -0.4 is 5.32 Å². The minimum atomic E-state index is 0.0622. The number of carbonyl (C=O) groups excluding carboxylic acids is 1. The third-order valence-electron chi connectivity index (χ3n) is 4.24. The third kappa shape index (κ3) is 2.69. The lowest BCUT2D eigenvalue weighted by molar-refractivity contribution is -0.133. The molecule has 1 amide bonds. The predicted molar refractivity (Wildman–Crippen MR) is 73.3 cm³/mol. The van der Waals surface area contributed by atoms with Gasteiger partial charge in [-0.3, -0.25) is 10.1 Å². The molecule has 2 aliphatic rings. The molecule has 0 aromatic carbocycles. The van der Waals surface area contributed by atoms with E-state index < -0.39 is 0 Å². The smallest absolute Gasteiger partial charge is 0.241 e. The Morgan fingerprint density at radius 2 is 2.17 bits per heavy atom. The molecule has 2 heterocycles. The van der Waals surface area contributed by atoms with Gasteiger partial charge in [-0.25, -0.2) is 0 Å². The van der Waals surface area contributed by atoms with E-state index in [1.165, 1.54) is 13.0 Å². The van der Waals surface area contributed by atoms with Crippen LogP contribution in [0.1, 0.15) is 46.0 Å². The van der Waals surface area contributed by atoms with Crippen LogP contribution in [0.4, 0.5) is 0 Å². The van der Waals surface area contributed by atoms with Gasteiger partial charge in [0.05, 0.1) is 12.2 Å². The van der Waals surface area contributed by atoms with Crippen LogP contribution in [0, 0.1) is 0 Å². The summed E-state index contributed by atoms with van der Waals surface area (Å²) in [6.07, 6.45) is 5.66. The monoisotopic (exact) mass is 253 g/mol. The number of likely N-dealkylation sites (tertiary alicyclic amines) is 1. The maximum atomic E-state index is 12.5. The zero-order valence-electron chi connectivity index (χ0n) is 12.0. The maximum absolute atomic E-state index is 12.5. The zero-order valence-corrected chi connectivity index (χ0v) is 12.0. The van der Waals surface area contributed by atoms with E-state index in [1.807, 2.05) is 0 Å². The minimum Gasteiger partial charge on any atom is -0.322 e. The first-order chi connectivity index (χ1) is 8.67. The fraction of sp³-hybridized carbons (Fsp3) is 0.929. The Kier molecular flexibility index (Phi) is 4.62. The van der Waals surface area contributed by atoms with Crippen molar-refractivity contribution in [2.45, 2.75) is 64.2 Å². The molecule has 0 aliphatic carbocycles. The highest BCUT2D eigenvalue weighted by Crippen LogP contribution is 2.24. The van der Waals surface area contributed by atoms with Crippen molar-refractivity contribution in [3.63, 3.8) is 0 Å². The summed E-state index contributed by atoms with van der Waals surface area (Å²) in [7, 11) is 2.16. The second-order valence-electron chi connectivity index (χ2n) is 5.74. The summed E-state index contributed by atoms with van der Waals surface area (Å²) in [6.45, 7) is 6.51. The average molecular weight is 253 g/mol. The molecule has 2 rings (SSSR count). The van der Waals surface area contributed by atoms with E-state index >= 15 is 0 Å². The molecule has 1 N–H and O–H groups in total. The van der Waals surface area contributed by atoms with Gasteiger partial charge in [-0.2, -0.15) is 0 Å². The Bertz CT molecular complexity index is 295. The molecular weight excluding hydrogens is 226 g/mol. The van der Waals surface area contributed by atoms with Crippen LogP contribution >= 0.6 is 0 Å². The summed E-state index contributed by atoms with van der Waals surface area (Å²) in [5, 5.41) is 3.51. The van der Waals surface area contributed by atoms with E-state index in [-0.39, 0.29) is 12.2 Å². The van der Waals surface area contributed by atoms with E-state index in [1.54, 1.807) is 0 Å². The number of carbonyl (C=O) groups is 1. The number of hydrogen-bond donors (Lipinski definition) is 1. The molecule has 2 aliphatic heterocycles. The van der Waals surface area contributed by atoms with Gasteiger partial charge in [-0.05, 0) is 39.3 Å². The van der Waals surface area contributed by atoms with Crippen LogP contribution in [-0.2, 0) is 4.79 Å². The van der Waals surface area contributed by atoms with E-state index in [4.69, 9.17) is 0 Å². The Morgan fingerprint density at radius 3 is 2.78 bits per heavy atom. The van der Waals surface area contributed by atoms with E-state index in [9.17, 15) is 4.79 Å². The first kappa shape index (κ1) is 13.8. The molecule has 0 saturated carbocycles. The van der Waals surface area contributed by atoms with Crippen molar-refractivity contribution in [2.75, 3.05) is 20.1 Å². The molecule has 0 aromatic heterocycles. The fourth-order valence-corrected chi connectivity index (χ4v) is 3.33. The second kappa shape index (κ2) is 6.02. The first-order valence-corrected chi connectivity index (χ1v) is 7.44. The zero-order chi connectivity index (χ0) is 13.1. The Labute approximate surface area is 111 Å². The quantitative estimate of drug-likeness (QED) is 0.823. The van der Waals surface area contributed by atoms with Crippen molar-refractivity contribution >= 4 is 5.91 Å². The lowest BCUT2D eigenvalue weighted by Gasteiger charge is -2.38. The highest BCUT2D eigenvalue weighted by Gasteiger charge is 2.41. The lowest BCUT2D eigenvalue weighted by atomic mass is 10.0. The topological polar surface area (TPSA) is 35.6 Å². The van der Waals surface area contributed by atoms with Crippen LogP contribution in [0.3, 0.4) is 0 Å². The SMILES string of the molecule is CCCC1NC(CC)N(C2CCCN(C)C2)C1=O. The molecule has 4 heteroatoms. The number of piperidine rings is 1. The van der Waals surface area contributed by atoms with Crippen molar-refractivity contribution < 1.29 is 4.79 Å². The van der Waals surface area contributed by atoms with Crippen molar-refractivity contribution in [2.24, 2.45) is 0 Å². The Balaban J connectivity index is 2.06. The molecule has 18 heavy (non-hydrogen) atoms. The lowest BCUT2D eigenvalue weighted by Crippen LogP contribution is -2.51. The fourth-order valence-electron chi connectivity index (χ4n) is 3.33. The van der Waals surface area contributed by atoms with Gasteiger partial charge in [0, 0.05) is 12.6 Å². The van der Waals surface area contributed by atoms with Gasteiger partial charge in [0.15, 0.2) is 0 Å². The van der Waals surface area contributed by atoms with Crippen molar-refractivity contribution in [1.82, 2.24) is 15.1 Å². The van der Waals surface area contributed by atoms with Gasteiger partial charge in [0.25, 0.3) is 0 Å². The Morgan fingerprint density at radius 1 is 1.39 bits per heavy atom. The average Bonchev–Trinajstić information content (AvgIpc) is 2.67. The summed E-state index contributed by atoms with van der Waals surface area (Å²) in [4.78, 5) is 17.0. The van der Waals surface area contributed by atoms with E-state index in [2.05, 4.69) is 36.0 Å². The van der Waals surface area contributed by atoms with Crippen LogP contribution in [0.25, 0.3) is 0 Å². The first-order valence-electron chi connectivity index (χ1n) is 7.44. The van der Waals surface area contributed by atoms with Gasteiger partial charge in [-0.15, -0.1) is 0 Å². The number of rotatable bonds is 4. The van der Waals surface area contributed by atoms with Crippen molar-refractivity contribution in [3.05, 3.63) is 0 Å². The molecule has 0 spiro atoms. The maximum Gasteiger partial charge on any atom is 0.241 e. The number of nitrogens with zero attached hydrogens (tertiary/aromatic N) is 2. The molecule has 0 bridgehead atoms. The standard InChI is InChI=1S/C14H27N3O/c1-4-7-12-14(18)17(13(5-2)15-12)11-8-6-9-16(3)10-11/h11-13,15H,4-10H2,1-3H3. The predicted octanol–water partition coefficient (Wildman–Crippen LogP) is 1.42. The van der Waals surface area contributed by atoms with E-state index in [0.29, 0.717) is 11.9 Å². The third-order valence-corrected chi connectivity index (χ3v) is 4.24. The normalized spacial score (nSPS) is 34.3. The molecule has 2 saturated heterocycles. The molecule has 3 atom stereocenters. The highest BCUT2D eigenvalue weighted by atomic mass is 16.2. The molecule has 0 aromatic rings. The molecule has 4 nitrogen and oxygen atoms in total. The molecular formula is C14H27N3O. The van der Waals surface area contributed by atoms with E-state index in [0.717, 1.165) is 32.2 Å². The van der Waals surface area contributed by atoms with Crippen molar-refractivity contribution in [1.29, 1.82) is 0 Å². The second-order valence-corrected chi connectivity index (χ2v) is 5.74. The van der Waals surface area contributed by atoms with Crippen molar-refractivity contribution in [3.8, 4) is 0 Å². The minimum absolute atomic E-state index is 0.0622. The van der Waals surface area contributed by atoms with Crippen LogP contribution in [-0.4, -0.2) is 54.1 Å². The van der Waals surface area contributed by atoms with Crippen LogP contribution in [0.15, 0.2) is 0 Å². The number of amides is 1. The van der Waals surface area contributed by atoms with Gasteiger partial charge in [-0.1, -0.05) is 20.3 Å². The number of hydrogen-bond acceptors (Lipinski definition) is 3. The number of nitrogens with one attached hydrogen (secondary N) is 1. The van der Waals surface area contributed by atoms with Gasteiger partial charge >= 0.3 is 0 Å². The van der Waals surface area contributed by atoms with Crippen LogP contribution in [0.5, 0.6) is 0 Å². The molecule has 104 valence electrons. The molecule has 3 unspecified atom stereocenters. The summed E-state index contributed by atoms with van der Waals surface area (Å²) >= 11 is 0. The number of likely N-dealkylation sites (N-methyl/N-ethyl adjacent to an activating group) is 1. The van der Waals surface area contributed by atoms with Crippen LogP contribution in [0.2, 0.25) is 0 Å². The van der Waals surface area contributed by atoms with Gasteiger partial charge in [0.2, 0.25) is 5.91 Å². The summed E-state index contributed by atoms with van der Waals surface area (Å²) in [6, 6.07) is 0.475. The molecule has 2 fully saturated rings. The highest BCUT2D eigenvalue weighted by molar-refractivity contribution is 5.84. The van der Waals surface area contributed by atoms with Gasteiger partial charge in [0.1, 0.15) is 0 Å². The molecule has 0 radical (unpaired) electrons. The Hall–Kier alpha value is -0.610. The summed E-state index contributed by atoms with van der Waals surface area (Å²) in [5.41, 5.74) is 0. The largest absolute Gasteiger partial charge is 0.322 e. The van der Waals surface area contributed by atoms with Gasteiger partial charge < -0.3 is 9.80 Å².